The Kier molecular flexibility index (Phi) is 11.2. The number of amides is 3. The summed E-state index contributed by atoms with van der Waals surface area (Å²) in [7, 11) is 0. The van der Waals surface area contributed by atoms with Gasteiger partial charge in [0.1, 0.15) is 0 Å². The third kappa shape index (κ3) is 8.94. The van der Waals surface area contributed by atoms with Gasteiger partial charge in [0.2, 0.25) is 6.41 Å². The molecule has 4 heteroatoms. The van der Waals surface area contributed by atoms with Crippen molar-refractivity contribution in [3.8, 4) is 0 Å². The van der Waals surface area contributed by atoms with E-state index in [1.165, 1.54) is 0 Å². The van der Waals surface area contributed by atoms with E-state index in [4.69, 9.17) is 0 Å². The number of hydrogen-bond acceptors (Lipinski definition) is 2. The Morgan fingerprint density at radius 1 is 1.50 bits per heavy atom. The van der Waals surface area contributed by atoms with E-state index in [0.717, 1.165) is 6.42 Å². The van der Waals surface area contributed by atoms with Crippen molar-refractivity contribution >= 4 is 12.4 Å². The highest BCUT2D eigenvalue weighted by molar-refractivity contribution is 5.84. The van der Waals surface area contributed by atoms with Gasteiger partial charge >= 0.3 is 6.03 Å². The predicted octanol–water partition coefficient (Wildman–Crippen LogP) is 1.27. The molecule has 0 aliphatic rings. The van der Waals surface area contributed by atoms with Crippen molar-refractivity contribution in [2.75, 3.05) is 0 Å². The normalized spacial score (nSPS) is 10.3. The van der Waals surface area contributed by atoms with Crippen molar-refractivity contribution < 1.29 is 9.59 Å². The number of urea groups is 1. The summed E-state index contributed by atoms with van der Waals surface area (Å²) in [5.74, 6) is 0. The number of carbonyl (C=O) groups is 2. The van der Waals surface area contributed by atoms with Gasteiger partial charge in [-0.15, -0.1) is 0 Å². The minimum Gasteiger partial charge on any atom is -0.335 e. The molecule has 0 radical (unpaired) electrons. The van der Waals surface area contributed by atoms with Crippen molar-refractivity contribution in [2.45, 2.75) is 40.2 Å². The molecule has 1 atom stereocenters. The van der Waals surface area contributed by atoms with E-state index in [2.05, 4.69) is 5.32 Å². The van der Waals surface area contributed by atoms with E-state index in [0.29, 0.717) is 6.41 Å². The third-order valence-electron chi connectivity index (χ3n) is 1.18. The van der Waals surface area contributed by atoms with Crippen LogP contribution in [0, 0.1) is 0 Å². The van der Waals surface area contributed by atoms with Crippen LogP contribution in [0.2, 0.25) is 0 Å². The fourth-order valence-electron chi connectivity index (χ4n) is 0.421. The van der Waals surface area contributed by atoms with Gasteiger partial charge in [-0.2, -0.15) is 0 Å². The van der Waals surface area contributed by atoms with Crippen LogP contribution in [0.5, 0.6) is 0 Å². The van der Waals surface area contributed by atoms with Crippen LogP contribution in [0.3, 0.4) is 0 Å². The average molecular weight is 174 g/mol. The van der Waals surface area contributed by atoms with E-state index < -0.39 is 6.03 Å². The smallest absolute Gasteiger partial charge is 0.321 e. The zero-order valence-corrected chi connectivity index (χ0v) is 8.18. The second-order valence-corrected chi connectivity index (χ2v) is 2.04. The van der Waals surface area contributed by atoms with Crippen LogP contribution in [0.25, 0.3) is 0 Å². The molecule has 3 amide bonds. The molecule has 0 bridgehead atoms. The van der Waals surface area contributed by atoms with Crippen LogP contribution in [0.1, 0.15) is 34.1 Å². The molecule has 0 saturated carbocycles. The van der Waals surface area contributed by atoms with Crippen LogP contribution >= 0.6 is 0 Å². The Hall–Kier alpha value is -1.06. The lowest BCUT2D eigenvalue weighted by atomic mass is 10.3. The number of nitrogens with one attached hydrogen (secondary N) is 2. The summed E-state index contributed by atoms with van der Waals surface area (Å²) in [5, 5.41) is 4.53. The molecule has 4 nitrogen and oxygen atoms in total. The standard InChI is InChI=1S/C6H12N2O2.C2H6/c1-3-5(2)8-6(10)7-4-9;1-2/h4-5H,3H2,1-2H3,(H2,7,8,9,10);1-2H3. The Balaban J connectivity index is 0. The van der Waals surface area contributed by atoms with E-state index in [9.17, 15) is 9.59 Å². The summed E-state index contributed by atoms with van der Waals surface area (Å²) in [5.41, 5.74) is 0. The fourth-order valence-corrected chi connectivity index (χ4v) is 0.421. The summed E-state index contributed by atoms with van der Waals surface area (Å²) in [4.78, 5) is 20.3. The Bertz CT molecular complexity index is 126. The average Bonchev–Trinajstić information content (AvgIpc) is 2.08. The molecule has 0 rings (SSSR count). The molecule has 0 spiro atoms. The van der Waals surface area contributed by atoms with Gasteiger partial charge in [-0.05, 0) is 13.3 Å². The van der Waals surface area contributed by atoms with Gasteiger partial charge in [-0.3, -0.25) is 10.1 Å². The molecule has 12 heavy (non-hydrogen) atoms. The first-order valence-corrected chi connectivity index (χ1v) is 4.21. The summed E-state index contributed by atoms with van der Waals surface area (Å²) >= 11 is 0. The maximum Gasteiger partial charge on any atom is 0.321 e. The Morgan fingerprint density at radius 3 is 2.33 bits per heavy atom. The molecular formula is C8H18N2O2. The monoisotopic (exact) mass is 174 g/mol. The van der Waals surface area contributed by atoms with Crippen LogP contribution in [-0.2, 0) is 4.79 Å². The van der Waals surface area contributed by atoms with E-state index >= 15 is 0 Å². The number of hydrogen-bond donors (Lipinski definition) is 2. The topological polar surface area (TPSA) is 58.2 Å². The van der Waals surface area contributed by atoms with Crippen molar-refractivity contribution in [3.63, 3.8) is 0 Å². The van der Waals surface area contributed by atoms with Gasteiger partial charge in [0.25, 0.3) is 0 Å². The Labute approximate surface area is 73.7 Å². The Morgan fingerprint density at radius 2 is 2.00 bits per heavy atom. The molecule has 0 aromatic rings. The highest BCUT2D eigenvalue weighted by atomic mass is 16.2. The summed E-state index contributed by atoms with van der Waals surface area (Å²) < 4.78 is 0. The fraction of sp³-hybridized carbons (Fsp3) is 0.750. The second-order valence-electron chi connectivity index (χ2n) is 2.04. The zero-order chi connectivity index (χ0) is 9.98. The van der Waals surface area contributed by atoms with Crippen molar-refractivity contribution in [1.82, 2.24) is 10.6 Å². The maximum absolute atomic E-state index is 10.6. The molecular weight excluding hydrogens is 156 g/mol. The van der Waals surface area contributed by atoms with E-state index in [1.54, 1.807) is 0 Å². The third-order valence-corrected chi connectivity index (χ3v) is 1.18. The molecule has 1 unspecified atom stereocenters. The lowest BCUT2D eigenvalue weighted by Crippen LogP contribution is -2.39. The lowest BCUT2D eigenvalue weighted by Gasteiger charge is -2.08. The van der Waals surface area contributed by atoms with Gasteiger partial charge < -0.3 is 5.32 Å². The highest BCUT2D eigenvalue weighted by Crippen LogP contribution is 1.85. The lowest BCUT2D eigenvalue weighted by molar-refractivity contribution is -0.108. The van der Waals surface area contributed by atoms with Gasteiger partial charge in [-0.25, -0.2) is 4.79 Å². The molecule has 2 N–H and O–H groups in total. The van der Waals surface area contributed by atoms with Crippen LogP contribution in [-0.4, -0.2) is 18.5 Å². The second kappa shape index (κ2) is 9.94. The molecule has 0 aromatic carbocycles. The maximum atomic E-state index is 10.6. The number of imide groups is 1. The quantitative estimate of drug-likeness (QED) is 0.633. The van der Waals surface area contributed by atoms with Crippen LogP contribution < -0.4 is 10.6 Å². The minimum atomic E-state index is -0.440. The van der Waals surface area contributed by atoms with Crippen molar-refractivity contribution in [3.05, 3.63) is 0 Å². The summed E-state index contributed by atoms with van der Waals surface area (Å²) in [6.45, 7) is 7.82. The van der Waals surface area contributed by atoms with Crippen molar-refractivity contribution in [1.29, 1.82) is 0 Å². The molecule has 0 aliphatic heterocycles. The molecule has 0 aromatic heterocycles. The SMILES string of the molecule is CC.CCC(C)NC(=O)NC=O. The first kappa shape index (κ1) is 13.5. The largest absolute Gasteiger partial charge is 0.335 e. The van der Waals surface area contributed by atoms with E-state index in [-0.39, 0.29) is 6.04 Å². The first-order valence-electron chi connectivity index (χ1n) is 4.21. The zero-order valence-electron chi connectivity index (χ0n) is 8.18. The predicted molar refractivity (Wildman–Crippen MR) is 48.8 cm³/mol. The summed E-state index contributed by atoms with van der Waals surface area (Å²) in [6, 6.07) is -0.329. The van der Waals surface area contributed by atoms with Gasteiger partial charge in [-0.1, -0.05) is 20.8 Å². The van der Waals surface area contributed by atoms with E-state index in [1.807, 2.05) is 33.0 Å². The molecule has 0 fully saturated rings. The molecule has 0 saturated heterocycles. The van der Waals surface area contributed by atoms with Gasteiger partial charge in [0.05, 0.1) is 0 Å². The van der Waals surface area contributed by atoms with Gasteiger partial charge in [0.15, 0.2) is 0 Å². The minimum absolute atomic E-state index is 0.111. The highest BCUT2D eigenvalue weighted by Gasteiger charge is 2.01. The van der Waals surface area contributed by atoms with Gasteiger partial charge in [0, 0.05) is 6.04 Å². The molecule has 0 heterocycles. The molecule has 72 valence electrons. The van der Waals surface area contributed by atoms with Crippen LogP contribution in [0.4, 0.5) is 4.79 Å². The number of carbonyl (C=O) groups excluding carboxylic acids is 2. The van der Waals surface area contributed by atoms with Crippen LogP contribution in [0.15, 0.2) is 0 Å². The molecule has 0 aliphatic carbocycles. The van der Waals surface area contributed by atoms with Crippen molar-refractivity contribution in [2.24, 2.45) is 0 Å². The first-order chi connectivity index (χ1) is 5.70. The number of rotatable bonds is 3. The summed E-state index contributed by atoms with van der Waals surface area (Å²) in [6.07, 6.45) is 1.21.